The lowest BCUT2D eigenvalue weighted by molar-refractivity contribution is 0.309. The van der Waals surface area contributed by atoms with E-state index >= 15 is 0 Å². The third-order valence-corrected chi connectivity index (χ3v) is 5.70. The Bertz CT molecular complexity index is 709. The molecule has 0 saturated heterocycles. The topological polar surface area (TPSA) is 9.23 Å². The van der Waals surface area contributed by atoms with Gasteiger partial charge in [-0.15, -0.1) is 0 Å². The van der Waals surface area contributed by atoms with E-state index in [0.29, 0.717) is 0 Å². The van der Waals surface area contributed by atoms with Crippen LogP contribution in [0.2, 0.25) is 0 Å². The third kappa shape index (κ3) is 5.73. The standard InChI is InChI=1S/C26H34O/c1-3-5-7-21-8-10-22(11-9-21)23-12-14-24(15-13-23)25-16-18-26(19-17-25)27-20-6-4-2/h10,12-19,21H,3-9,11,20H2,1-2H3. The first-order valence-corrected chi connectivity index (χ1v) is 10.8. The zero-order valence-electron chi connectivity index (χ0n) is 17.0. The molecular weight excluding hydrogens is 328 g/mol. The summed E-state index contributed by atoms with van der Waals surface area (Å²) in [6.07, 6.45) is 12.7. The van der Waals surface area contributed by atoms with E-state index < -0.39 is 0 Å². The van der Waals surface area contributed by atoms with Crippen LogP contribution in [-0.4, -0.2) is 6.61 Å². The summed E-state index contributed by atoms with van der Waals surface area (Å²) in [5, 5.41) is 0. The molecule has 0 fully saturated rings. The molecule has 1 nitrogen and oxygen atoms in total. The fourth-order valence-corrected chi connectivity index (χ4v) is 3.86. The SMILES string of the molecule is CCCCOc1ccc(-c2ccc(C3=CCC(CCCC)CC3)cc2)cc1. The number of hydrogen-bond donors (Lipinski definition) is 0. The maximum absolute atomic E-state index is 5.76. The summed E-state index contributed by atoms with van der Waals surface area (Å²) in [6, 6.07) is 17.6. The van der Waals surface area contributed by atoms with Gasteiger partial charge in [0, 0.05) is 0 Å². The Balaban J connectivity index is 1.59. The Hall–Kier alpha value is -2.02. The second-order valence-corrected chi connectivity index (χ2v) is 7.82. The number of rotatable bonds is 9. The highest BCUT2D eigenvalue weighted by molar-refractivity contribution is 5.71. The first-order chi connectivity index (χ1) is 13.3. The van der Waals surface area contributed by atoms with Gasteiger partial charge in [0.1, 0.15) is 5.75 Å². The van der Waals surface area contributed by atoms with Gasteiger partial charge in [0.05, 0.1) is 6.61 Å². The van der Waals surface area contributed by atoms with Gasteiger partial charge in [-0.3, -0.25) is 0 Å². The second kappa shape index (κ2) is 10.3. The molecule has 0 heterocycles. The fraction of sp³-hybridized carbons (Fsp3) is 0.462. The zero-order chi connectivity index (χ0) is 18.9. The average Bonchev–Trinajstić information content (AvgIpc) is 2.73. The minimum absolute atomic E-state index is 0.805. The maximum atomic E-state index is 5.76. The monoisotopic (exact) mass is 362 g/mol. The molecule has 144 valence electrons. The van der Waals surface area contributed by atoms with E-state index in [1.165, 1.54) is 67.2 Å². The summed E-state index contributed by atoms with van der Waals surface area (Å²) >= 11 is 0. The van der Waals surface area contributed by atoms with Gasteiger partial charge in [0.2, 0.25) is 0 Å². The second-order valence-electron chi connectivity index (χ2n) is 7.82. The van der Waals surface area contributed by atoms with Gasteiger partial charge in [-0.1, -0.05) is 82.0 Å². The van der Waals surface area contributed by atoms with Crippen molar-refractivity contribution < 1.29 is 4.74 Å². The predicted molar refractivity (Wildman–Crippen MR) is 117 cm³/mol. The van der Waals surface area contributed by atoms with Crippen molar-refractivity contribution in [3.63, 3.8) is 0 Å². The molecule has 0 aromatic heterocycles. The van der Waals surface area contributed by atoms with Crippen molar-refractivity contribution >= 4 is 5.57 Å². The molecule has 0 saturated carbocycles. The molecule has 0 spiro atoms. The van der Waals surface area contributed by atoms with E-state index in [1.54, 1.807) is 0 Å². The maximum Gasteiger partial charge on any atom is 0.119 e. The number of benzene rings is 2. The summed E-state index contributed by atoms with van der Waals surface area (Å²) in [6.45, 7) is 5.28. The van der Waals surface area contributed by atoms with Crippen LogP contribution in [0.25, 0.3) is 16.7 Å². The van der Waals surface area contributed by atoms with Gasteiger partial charge in [0.25, 0.3) is 0 Å². The number of unbranched alkanes of at least 4 members (excludes halogenated alkanes) is 2. The van der Waals surface area contributed by atoms with E-state index in [1.807, 2.05) is 0 Å². The summed E-state index contributed by atoms with van der Waals surface area (Å²) < 4.78 is 5.76. The molecule has 3 rings (SSSR count). The average molecular weight is 363 g/mol. The Morgan fingerprint density at radius 2 is 1.44 bits per heavy atom. The highest BCUT2D eigenvalue weighted by atomic mass is 16.5. The van der Waals surface area contributed by atoms with Crippen molar-refractivity contribution in [3.8, 4) is 16.9 Å². The molecule has 1 heteroatoms. The molecule has 0 N–H and O–H groups in total. The van der Waals surface area contributed by atoms with Crippen molar-refractivity contribution in [2.24, 2.45) is 5.92 Å². The molecule has 1 unspecified atom stereocenters. The Labute approximate surface area is 165 Å². The Morgan fingerprint density at radius 3 is 2.04 bits per heavy atom. The molecule has 1 aliphatic carbocycles. The van der Waals surface area contributed by atoms with E-state index in [-0.39, 0.29) is 0 Å². The van der Waals surface area contributed by atoms with E-state index in [0.717, 1.165) is 24.7 Å². The molecule has 2 aromatic rings. The van der Waals surface area contributed by atoms with Crippen LogP contribution >= 0.6 is 0 Å². The lowest BCUT2D eigenvalue weighted by Crippen LogP contribution is -2.05. The highest BCUT2D eigenvalue weighted by Crippen LogP contribution is 2.33. The minimum Gasteiger partial charge on any atom is -0.494 e. The molecule has 1 atom stereocenters. The van der Waals surface area contributed by atoms with Gasteiger partial charge >= 0.3 is 0 Å². The van der Waals surface area contributed by atoms with Gasteiger partial charge < -0.3 is 4.74 Å². The van der Waals surface area contributed by atoms with Crippen LogP contribution in [0.4, 0.5) is 0 Å². The molecule has 2 aromatic carbocycles. The minimum atomic E-state index is 0.805. The molecule has 0 amide bonds. The van der Waals surface area contributed by atoms with Crippen LogP contribution in [0.5, 0.6) is 5.75 Å². The van der Waals surface area contributed by atoms with Gasteiger partial charge in [-0.05, 0) is 66.0 Å². The van der Waals surface area contributed by atoms with Gasteiger partial charge in [-0.2, -0.15) is 0 Å². The molecule has 1 aliphatic rings. The lowest BCUT2D eigenvalue weighted by Gasteiger charge is -2.22. The number of allylic oxidation sites excluding steroid dienone is 2. The van der Waals surface area contributed by atoms with Crippen LogP contribution in [-0.2, 0) is 0 Å². The smallest absolute Gasteiger partial charge is 0.119 e. The van der Waals surface area contributed by atoms with E-state index in [9.17, 15) is 0 Å². The summed E-state index contributed by atoms with van der Waals surface area (Å²) in [7, 11) is 0. The largest absolute Gasteiger partial charge is 0.494 e. The molecular formula is C26H34O. The van der Waals surface area contributed by atoms with Crippen LogP contribution in [0.3, 0.4) is 0 Å². The summed E-state index contributed by atoms with van der Waals surface area (Å²) in [4.78, 5) is 0. The van der Waals surface area contributed by atoms with E-state index in [2.05, 4.69) is 68.5 Å². The lowest BCUT2D eigenvalue weighted by atomic mass is 9.84. The Kier molecular flexibility index (Phi) is 7.56. The zero-order valence-corrected chi connectivity index (χ0v) is 17.0. The Morgan fingerprint density at radius 1 is 0.815 bits per heavy atom. The van der Waals surface area contributed by atoms with Crippen molar-refractivity contribution in [2.75, 3.05) is 6.61 Å². The third-order valence-electron chi connectivity index (χ3n) is 5.70. The quantitative estimate of drug-likeness (QED) is 0.412. The molecule has 0 radical (unpaired) electrons. The highest BCUT2D eigenvalue weighted by Gasteiger charge is 2.15. The fourth-order valence-electron chi connectivity index (χ4n) is 3.86. The van der Waals surface area contributed by atoms with Crippen LogP contribution in [0.1, 0.15) is 70.8 Å². The van der Waals surface area contributed by atoms with Gasteiger partial charge in [-0.25, -0.2) is 0 Å². The molecule has 0 aliphatic heterocycles. The first kappa shape index (κ1) is 19.7. The van der Waals surface area contributed by atoms with Crippen LogP contribution < -0.4 is 4.74 Å². The normalized spacial score (nSPS) is 16.8. The number of ether oxygens (including phenoxy) is 1. The summed E-state index contributed by atoms with van der Waals surface area (Å²) in [5.41, 5.74) is 5.46. The van der Waals surface area contributed by atoms with Crippen molar-refractivity contribution in [3.05, 3.63) is 60.2 Å². The first-order valence-electron chi connectivity index (χ1n) is 10.8. The number of hydrogen-bond acceptors (Lipinski definition) is 1. The van der Waals surface area contributed by atoms with Crippen LogP contribution in [0.15, 0.2) is 54.6 Å². The molecule has 0 bridgehead atoms. The van der Waals surface area contributed by atoms with Crippen molar-refractivity contribution in [1.29, 1.82) is 0 Å². The van der Waals surface area contributed by atoms with E-state index in [4.69, 9.17) is 4.74 Å². The van der Waals surface area contributed by atoms with Gasteiger partial charge in [0.15, 0.2) is 0 Å². The van der Waals surface area contributed by atoms with Crippen molar-refractivity contribution in [1.82, 2.24) is 0 Å². The van der Waals surface area contributed by atoms with Crippen molar-refractivity contribution in [2.45, 2.75) is 65.2 Å². The predicted octanol–water partition coefficient (Wildman–Crippen LogP) is 7.91. The van der Waals surface area contributed by atoms with Crippen LogP contribution in [0, 0.1) is 5.92 Å². The molecule has 27 heavy (non-hydrogen) atoms. The summed E-state index contributed by atoms with van der Waals surface area (Å²) in [5.74, 6) is 1.87.